The molecule has 1 aromatic rings. The zero-order valence-electron chi connectivity index (χ0n) is 10.3. The Morgan fingerprint density at radius 1 is 1.37 bits per heavy atom. The molecule has 1 saturated heterocycles. The van der Waals surface area contributed by atoms with Gasteiger partial charge >= 0.3 is 12.1 Å². The SMILES string of the molecule is CC(NC1CCOC1=O)c1ccccc1C(F)(F)F. The van der Waals surface area contributed by atoms with E-state index < -0.39 is 29.8 Å². The van der Waals surface area contributed by atoms with Crippen LogP contribution in [0.4, 0.5) is 13.2 Å². The molecule has 19 heavy (non-hydrogen) atoms. The molecule has 6 heteroatoms. The second-order valence-electron chi connectivity index (χ2n) is 4.48. The predicted molar refractivity (Wildman–Crippen MR) is 62.4 cm³/mol. The minimum Gasteiger partial charge on any atom is -0.464 e. The number of benzene rings is 1. The van der Waals surface area contributed by atoms with Crippen molar-refractivity contribution in [2.45, 2.75) is 31.6 Å². The topological polar surface area (TPSA) is 38.3 Å². The molecule has 0 amide bonds. The van der Waals surface area contributed by atoms with Crippen molar-refractivity contribution in [3.63, 3.8) is 0 Å². The Hall–Kier alpha value is -1.56. The third-order valence-electron chi connectivity index (χ3n) is 3.12. The van der Waals surface area contributed by atoms with Gasteiger partial charge in [0.05, 0.1) is 12.2 Å². The quantitative estimate of drug-likeness (QED) is 0.860. The van der Waals surface area contributed by atoms with Gasteiger partial charge in [0, 0.05) is 12.5 Å². The molecule has 0 radical (unpaired) electrons. The Morgan fingerprint density at radius 3 is 2.63 bits per heavy atom. The van der Waals surface area contributed by atoms with E-state index in [-0.39, 0.29) is 5.56 Å². The van der Waals surface area contributed by atoms with Crippen molar-refractivity contribution >= 4 is 5.97 Å². The van der Waals surface area contributed by atoms with Crippen molar-refractivity contribution in [2.75, 3.05) is 6.61 Å². The predicted octanol–water partition coefficient (Wildman–Crippen LogP) is 2.67. The number of rotatable bonds is 3. The van der Waals surface area contributed by atoms with E-state index in [4.69, 9.17) is 4.74 Å². The number of halogens is 3. The maximum atomic E-state index is 12.9. The fourth-order valence-corrected chi connectivity index (χ4v) is 2.17. The van der Waals surface area contributed by atoms with Crippen LogP contribution < -0.4 is 5.32 Å². The molecule has 0 aliphatic carbocycles. The first-order chi connectivity index (χ1) is 8.89. The molecular weight excluding hydrogens is 259 g/mol. The van der Waals surface area contributed by atoms with E-state index in [0.717, 1.165) is 6.07 Å². The maximum absolute atomic E-state index is 12.9. The van der Waals surface area contributed by atoms with Crippen molar-refractivity contribution in [1.29, 1.82) is 0 Å². The van der Waals surface area contributed by atoms with Crippen molar-refractivity contribution < 1.29 is 22.7 Å². The Morgan fingerprint density at radius 2 is 2.05 bits per heavy atom. The highest BCUT2D eigenvalue weighted by molar-refractivity contribution is 5.77. The first-order valence-corrected chi connectivity index (χ1v) is 5.98. The average molecular weight is 273 g/mol. The summed E-state index contributed by atoms with van der Waals surface area (Å²) < 4.78 is 43.4. The molecule has 1 aliphatic rings. The lowest BCUT2D eigenvalue weighted by Gasteiger charge is -2.21. The number of nitrogens with one attached hydrogen (secondary N) is 1. The number of esters is 1. The van der Waals surface area contributed by atoms with E-state index in [9.17, 15) is 18.0 Å². The van der Waals surface area contributed by atoms with Crippen molar-refractivity contribution in [2.24, 2.45) is 0 Å². The maximum Gasteiger partial charge on any atom is 0.416 e. The van der Waals surface area contributed by atoms with Gasteiger partial charge in [0.2, 0.25) is 0 Å². The van der Waals surface area contributed by atoms with E-state index in [0.29, 0.717) is 13.0 Å². The normalized spacial score (nSPS) is 21.3. The van der Waals surface area contributed by atoms with Gasteiger partial charge in [-0.05, 0) is 18.6 Å². The number of ether oxygens (including phenoxy) is 1. The van der Waals surface area contributed by atoms with Crippen LogP contribution in [0.15, 0.2) is 24.3 Å². The second-order valence-corrected chi connectivity index (χ2v) is 4.48. The van der Waals surface area contributed by atoms with Crippen LogP contribution >= 0.6 is 0 Å². The van der Waals surface area contributed by atoms with Gasteiger partial charge in [-0.15, -0.1) is 0 Å². The van der Waals surface area contributed by atoms with Gasteiger partial charge in [-0.3, -0.25) is 10.1 Å². The molecule has 0 bridgehead atoms. The monoisotopic (exact) mass is 273 g/mol. The molecule has 1 N–H and O–H groups in total. The van der Waals surface area contributed by atoms with Crippen LogP contribution in [0.1, 0.15) is 30.5 Å². The summed E-state index contributed by atoms with van der Waals surface area (Å²) in [4.78, 5) is 11.3. The number of alkyl halides is 3. The summed E-state index contributed by atoms with van der Waals surface area (Å²) in [5.74, 6) is -0.406. The largest absolute Gasteiger partial charge is 0.464 e. The Labute approximate surface area is 108 Å². The summed E-state index contributed by atoms with van der Waals surface area (Å²) in [5, 5.41) is 2.88. The number of cyclic esters (lactones) is 1. The fourth-order valence-electron chi connectivity index (χ4n) is 2.17. The molecule has 1 aromatic carbocycles. The molecule has 0 aromatic heterocycles. The summed E-state index contributed by atoms with van der Waals surface area (Å²) in [6, 6.07) is 4.25. The number of hydrogen-bond donors (Lipinski definition) is 1. The number of hydrogen-bond acceptors (Lipinski definition) is 3. The molecule has 2 atom stereocenters. The van der Waals surface area contributed by atoms with E-state index >= 15 is 0 Å². The molecule has 0 saturated carbocycles. The van der Waals surface area contributed by atoms with Crippen LogP contribution in [0.5, 0.6) is 0 Å². The summed E-state index contributed by atoms with van der Waals surface area (Å²) in [5.41, 5.74) is -0.545. The smallest absolute Gasteiger partial charge is 0.416 e. The Balaban J connectivity index is 2.19. The van der Waals surface area contributed by atoms with Crippen LogP contribution in [0.3, 0.4) is 0 Å². The lowest BCUT2D eigenvalue weighted by atomic mass is 10.00. The van der Waals surface area contributed by atoms with Gasteiger partial charge in [0.1, 0.15) is 6.04 Å². The molecular formula is C13H14F3NO2. The van der Waals surface area contributed by atoms with Crippen molar-refractivity contribution in [3.05, 3.63) is 35.4 Å². The summed E-state index contributed by atoms with van der Waals surface area (Å²) in [6.07, 6.45) is -3.92. The molecule has 104 valence electrons. The first-order valence-electron chi connectivity index (χ1n) is 5.98. The minimum absolute atomic E-state index is 0.134. The van der Waals surface area contributed by atoms with E-state index in [1.54, 1.807) is 13.0 Å². The molecule has 1 heterocycles. The van der Waals surface area contributed by atoms with Gasteiger partial charge in [0.15, 0.2) is 0 Å². The molecule has 1 fully saturated rings. The average Bonchev–Trinajstić information content (AvgIpc) is 2.74. The lowest BCUT2D eigenvalue weighted by molar-refractivity contribution is -0.139. The first kappa shape index (κ1) is 13.9. The standard InChI is InChI=1S/C13H14F3NO2/c1-8(17-11-6-7-19-12(11)18)9-4-2-3-5-10(9)13(14,15)16/h2-5,8,11,17H,6-7H2,1H3. The van der Waals surface area contributed by atoms with Gasteiger partial charge < -0.3 is 4.74 Å². The van der Waals surface area contributed by atoms with Crippen LogP contribution in [-0.2, 0) is 15.7 Å². The van der Waals surface area contributed by atoms with Gasteiger partial charge in [-0.2, -0.15) is 13.2 Å². The van der Waals surface area contributed by atoms with Crippen LogP contribution in [0.25, 0.3) is 0 Å². The molecule has 0 spiro atoms. The van der Waals surface area contributed by atoms with Gasteiger partial charge in [-0.1, -0.05) is 18.2 Å². The minimum atomic E-state index is -4.40. The Kier molecular flexibility index (Phi) is 3.80. The van der Waals surface area contributed by atoms with Crippen molar-refractivity contribution in [1.82, 2.24) is 5.32 Å². The van der Waals surface area contributed by atoms with Crippen molar-refractivity contribution in [3.8, 4) is 0 Å². The lowest BCUT2D eigenvalue weighted by Crippen LogP contribution is -2.35. The second kappa shape index (κ2) is 5.21. The fraction of sp³-hybridized carbons (Fsp3) is 0.462. The van der Waals surface area contributed by atoms with Crippen LogP contribution in [0, 0.1) is 0 Å². The Bertz CT molecular complexity index is 473. The highest BCUT2D eigenvalue weighted by atomic mass is 19.4. The zero-order valence-corrected chi connectivity index (χ0v) is 10.3. The van der Waals surface area contributed by atoms with E-state index in [1.165, 1.54) is 12.1 Å². The molecule has 3 nitrogen and oxygen atoms in total. The molecule has 1 aliphatic heterocycles. The van der Waals surface area contributed by atoms with E-state index in [2.05, 4.69) is 5.32 Å². The summed E-state index contributed by atoms with van der Waals surface area (Å²) >= 11 is 0. The van der Waals surface area contributed by atoms with Gasteiger partial charge in [0.25, 0.3) is 0 Å². The third kappa shape index (κ3) is 3.07. The number of carbonyl (C=O) groups excluding carboxylic acids is 1. The van der Waals surface area contributed by atoms with Gasteiger partial charge in [-0.25, -0.2) is 0 Å². The van der Waals surface area contributed by atoms with Crippen LogP contribution in [0.2, 0.25) is 0 Å². The highest BCUT2D eigenvalue weighted by Crippen LogP contribution is 2.34. The molecule has 2 unspecified atom stereocenters. The summed E-state index contributed by atoms with van der Waals surface area (Å²) in [6.45, 7) is 1.92. The number of carbonyl (C=O) groups is 1. The third-order valence-corrected chi connectivity index (χ3v) is 3.12. The molecule has 2 rings (SSSR count). The van der Waals surface area contributed by atoms with Crippen LogP contribution in [-0.4, -0.2) is 18.6 Å². The van der Waals surface area contributed by atoms with E-state index in [1.807, 2.05) is 0 Å². The highest BCUT2D eigenvalue weighted by Gasteiger charge is 2.35. The summed E-state index contributed by atoms with van der Waals surface area (Å²) in [7, 11) is 0. The zero-order chi connectivity index (χ0) is 14.0.